The van der Waals surface area contributed by atoms with Gasteiger partial charge in [0.25, 0.3) is 5.91 Å². The summed E-state index contributed by atoms with van der Waals surface area (Å²) in [7, 11) is 0. The number of amides is 1. The predicted octanol–water partition coefficient (Wildman–Crippen LogP) is 2.14. The maximum absolute atomic E-state index is 12.3. The normalized spacial score (nSPS) is 10.6. The van der Waals surface area contributed by atoms with E-state index in [1.54, 1.807) is 17.0 Å². The van der Waals surface area contributed by atoms with Crippen LogP contribution in [0, 0.1) is 5.92 Å². The van der Waals surface area contributed by atoms with E-state index in [-0.39, 0.29) is 11.6 Å². The minimum absolute atomic E-state index is 0.173. The fourth-order valence-electron chi connectivity index (χ4n) is 1.62. The average molecular weight is 271 g/mol. The first-order valence-electron chi connectivity index (χ1n) is 5.92. The Kier molecular flexibility index (Phi) is 5.37. The summed E-state index contributed by atoms with van der Waals surface area (Å²) in [6.07, 6.45) is 0. The molecule has 0 saturated carbocycles. The lowest BCUT2D eigenvalue weighted by Crippen LogP contribution is -2.34. The molecule has 0 fully saturated rings. The van der Waals surface area contributed by atoms with Gasteiger partial charge in [0.05, 0.1) is 5.02 Å². The molecule has 1 aromatic heterocycles. The molecule has 1 rings (SSSR count). The van der Waals surface area contributed by atoms with E-state index >= 15 is 0 Å². The molecule has 1 heterocycles. The van der Waals surface area contributed by atoms with Crippen LogP contribution in [0.4, 0.5) is 5.82 Å². The van der Waals surface area contributed by atoms with Crippen LogP contribution in [0.25, 0.3) is 0 Å². The number of pyridine rings is 1. The van der Waals surface area contributed by atoms with Crippen LogP contribution >= 0.6 is 11.6 Å². The topological polar surface area (TPSA) is 71.2 Å². The molecule has 6 heteroatoms. The number of hydrazine groups is 1. The molecule has 1 amide bonds. The van der Waals surface area contributed by atoms with E-state index in [1.165, 1.54) is 0 Å². The standard InChI is InChI=1S/C12H19ClN4O/c1-4-17(7-8(2)3)12(18)11-9(13)5-6-10(15-11)16-14/h5-6,8H,4,7,14H2,1-3H3,(H,15,16). The molecule has 0 aromatic carbocycles. The van der Waals surface area contributed by atoms with Crippen LogP contribution in [0.1, 0.15) is 31.3 Å². The molecule has 1 aromatic rings. The molecule has 0 bridgehead atoms. The molecule has 18 heavy (non-hydrogen) atoms. The van der Waals surface area contributed by atoms with Crippen molar-refractivity contribution in [3.63, 3.8) is 0 Å². The minimum Gasteiger partial charge on any atom is -0.337 e. The van der Waals surface area contributed by atoms with Gasteiger partial charge >= 0.3 is 0 Å². The van der Waals surface area contributed by atoms with Crippen molar-refractivity contribution in [3.05, 3.63) is 22.8 Å². The Morgan fingerprint density at radius 1 is 1.56 bits per heavy atom. The van der Waals surface area contributed by atoms with Gasteiger partial charge in [-0.1, -0.05) is 25.4 Å². The second kappa shape index (κ2) is 6.56. The third kappa shape index (κ3) is 3.58. The number of aromatic nitrogens is 1. The summed E-state index contributed by atoms with van der Waals surface area (Å²) in [4.78, 5) is 18.1. The Bertz CT molecular complexity index is 423. The molecular weight excluding hydrogens is 252 g/mol. The highest BCUT2D eigenvalue weighted by Gasteiger charge is 2.19. The lowest BCUT2D eigenvalue weighted by molar-refractivity contribution is 0.0740. The number of nitrogens with zero attached hydrogens (tertiary/aromatic N) is 2. The first-order valence-corrected chi connectivity index (χ1v) is 6.29. The van der Waals surface area contributed by atoms with Crippen LogP contribution < -0.4 is 11.3 Å². The van der Waals surface area contributed by atoms with Crippen LogP contribution in [0.3, 0.4) is 0 Å². The average Bonchev–Trinajstić information content (AvgIpc) is 2.35. The van der Waals surface area contributed by atoms with E-state index in [9.17, 15) is 4.79 Å². The van der Waals surface area contributed by atoms with Gasteiger partial charge < -0.3 is 10.3 Å². The molecule has 100 valence electrons. The number of carbonyl (C=O) groups is 1. The predicted molar refractivity (Wildman–Crippen MR) is 73.5 cm³/mol. The van der Waals surface area contributed by atoms with E-state index in [2.05, 4.69) is 24.3 Å². The van der Waals surface area contributed by atoms with Gasteiger partial charge in [-0.25, -0.2) is 10.8 Å². The largest absolute Gasteiger partial charge is 0.337 e. The lowest BCUT2D eigenvalue weighted by Gasteiger charge is -2.23. The fraction of sp³-hybridized carbons (Fsp3) is 0.500. The van der Waals surface area contributed by atoms with Crippen molar-refractivity contribution in [2.24, 2.45) is 11.8 Å². The highest BCUT2D eigenvalue weighted by Crippen LogP contribution is 2.18. The number of hydrogen-bond acceptors (Lipinski definition) is 4. The summed E-state index contributed by atoms with van der Waals surface area (Å²) in [5.41, 5.74) is 2.64. The zero-order valence-corrected chi connectivity index (χ0v) is 11.7. The number of halogens is 1. The fourth-order valence-corrected chi connectivity index (χ4v) is 1.80. The highest BCUT2D eigenvalue weighted by molar-refractivity contribution is 6.33. The number of nitrogens with two attached hydrogens (primary N) is 1. The zero-order valence-electron chi connectivity index (χ0n) is 10.9. The first kappa shape index (κ1) is 14.7. The Labute approximate surface area is 112 Å². The first-order chi connectivity index (χ1) is 8.49. The molecule has 0 spiro atoms. The third-order valence-electron chi connectivity index (χ3n) is 2.45. The minimum atomic E-state index is -0.173. The summed E-state index contributed by atoms with van der Waals surface area (Å²) in [5.74, 6) is 5.92. The van der Waals surface area contributed by atoms with E-state index < -0.39 is 0 Å². The van der Waals surface area contributed by atoms with Gasteiger partial charge in [-0.2, -0.15) is 0 Å². The molecule has 0 unspecified atom stereocenters. The molecule has 0 aliphatic rings. The van der Waals surface area contributed by atoms with Crippen molar-refractivity contribution in [1.82, 2.24) is 9.88 Å². The van der Waals surface area contributed by atoms with Crippen molar-refractivity contribution in [2.75, 3.05) is 18.5 Å². The number of anilines is 1. The number of nitrogen functional groups attached to an aromatic ring is 1. The summed E-state index contributed by atoms with van der Waals surface area (Å²) in [6.45, 7) is 7.34. The molecule has 0 atom stereocenters. The van der Waals surface area contributed by atoms with Gasteiger partial charge in [0.2, 0.25) is 0 Å². The number of rotatable bonds is 5. The summed E-state index contributed by atoms with van der Waals surface area (Å²) >= 11 is 6.01. The number of carbonyl (C=O) groups excluding carboxylic acids is 1. The van der Waals surface area contributed by atoms with Crippen LogP contribution in [0.15, 0.2) is 12.1 Å². The monoisotopic (exact) mass is 270 g/mol. The lowest BCUT2D eigenvalue weighted by atomic mass is 10.2. The third-order valence-corrected chi connectivity index (χ3v) is 2.76. The van der Waals surface area contributed by atoms with Crippen LogP contribution in [-0.4, -0.2) is 28.9 Å². The Hall–Kier alpha value is -1.33. The number of nitrogens with one attached hydrogen (secondary N) is 1. The zero-order chi connectivity index (χ0) is 13.7. The molecular formula is C12H19ClN4O. The molecule has 5 nitrogen and oxygen atoms in total. The van der Waals surface area contributed by atoms with Gasteiger partial charge in [-0.05, 0) is 25.0 Å². The maximum atomic E-state index is 12.3. The molecule has 0 aliphatic heterocycles. The highest BCUT2D eigenvalue weighted by atomic mass is 35.5. The van der Waals surface area contributed by atoms with Gasteiger partial charge in [-0.15, -0.1) is 0 Å². The van der Waals surface area contributed by atoms with E-state index in [4.69, 9.17) is 17.4 Å². The van der Waals surface area contributed by atoms with Crippen molar-refractivity contribution in [3.8, 4) is 0 Å². The maximum Gasteiger partial charge on any atom is 0.274 e. The Morgan fingerprint density at radius 3 is 2.72 bits per heavy atom. The smallest absolute Gasteiger partial charge is 0.274 e. The Morgan fingerprint density at radius 2 is 2.22 bits per heavy atom. The van der Waals surface area contributed by atoms with Crippen molar-refractivity contribution in [2.45, 2.75) is 20.8 Å². The van der Waals surface area contributed by atoms with E-state index in [0.717, 1.165) is 0 Å². The van der Waals surface area contributed by atoms with Gasteiger partial charge in [-0.3, -0.25) is 4.79 Å². The molecule has 0 saturated heterocycles. The summed E-state index contributed by atoms with van der Waals surface area (Å²) < 4.78 is 0. The summed E-state index contributed by atoms with van der Waals surface area (Å²) in [6, 6.07) is 3.23. The van der Waals surface area contributed by atoms with Gasteiger partial charge in [0.1, 0.15) is 11.5 Å². The number of hydrogen-bond donors (Lipinski definition) is 2. The van der Waals surface area contributed by atoms with Crippen LogP contribution in [-0.2, 0) is 0 Å². The molecule has 3 N–H and O–H groups in total. The van der Waals surface area contributed by atoms with E-state index in [0.29, 0.717) is 29.8 Å². The van der Waals surface area contributed by atoms with Crippen molar-refractivity contribution < 1.29 is 4.79 Å². The van der Waals surface area contributed by atoms with E-state index in [1.807, 2.05) is 6.92 Å². The molecule has 0 radical (unpaired) electrons. The Balaban J connectivity index is 3.00. The van der Waals surface area contributed by atoms with Crippen LogP contribution in [0.5, 0.6) is 0 Å². The molecule has 0 aliphatic carbocycles. The second-order valence-corrected chi connectivity index (χ2v) is 4.82. The van der Waals surface area contributed by atoms with Crippen molar-refractivity contribution >= 4 is 23.3 Å². The quantitative estimate of drug-likeness (QED) is 0.635. The van der Waals surface area contributed by atoms with Gasteiger partial charge in [0.15, 0.2) is 0 Å². The van der Waals surface area contributed by atoms with Crippen LogP contribution in [0.2, 0.25) is 5.02 Å². The second-order valence-electron chi connectivity index (χ2n) is 4.41. The summed E-state index contributed by atoms with van der Waals surface area (Å²) in [5, 5.41) is 0.334. The van der Waals surface area contributed by atoms with Gasteiger partial charge in [0, 0.05) is 13.1 Å². The SMILES string of the molecule is CCN(CC(C)C)C(=O)c1nc(NN)ccc1Cl. The van der Waals surface area contributed by atoms with Crippen molar-refractivity contribution in [1.29, 1.82) is 0 Å².